The van der Waals surface area contributed by atoms with Gasteiger partial charge in [0.25, 0.3) is 0 Å². The smallest absolute Gasteiger partial charge is 0.00155 e. The number of fused-ring (bicyclic) bond motifs is 1. The normalized spacial score (nSPS) is 12.2. The number of hydrogen-bond donors (Lipinski definition) is 0. The summed E-state index contributed by atoms with van der Waals surface area (Å²) in [7, 11) is 0. The summed E-state index contributed by atoms with van der Waals surface area (Å²) >= 11 is 0. The Morgan fingerprint density at radius 1 is 0.783 bits per heavy atom. The minimum absolute atomic E-state index is 0.454. The lowest BCUT2D eigenvalue weighted by molar-refractivity contribution is 0.638. The van der Waals surface area contributed by atoms with E-state index in [2.05, 4.69) is 85.5 Å². The highest BCUT2D eigenvalue weighted by Gasteiger charge is 2.08. The van der Waals surface area contributed by atoms with Gasteiger partial charge in [-0.2, -0.15) is 0 Å². The van der Waals surface area contributed by atoms with Gasteiger partial charge in [-0.3, -0.25) is 0 Å². The zero-order valence-corrected chi connectivity index (χ0v) is 13.6. The summed E-state index contributed by atoms with van der Waals surface area (Å²) in [6.07, 6.45) is 6.92. The van der Waals surface area contributed by atoms with Crippen molar-refractivity contribution < 1.29 is 0 Å². The number of aryl methyl sites for hydroxylation is 1. The van der Waals surface area contributed by atoms with Gasteiger partial charge < -0.3 is 0 Å². The highest BCUT2D eigenvalue weighted by Crippen LogP contribution is 2.27. The van der Waals surface area contributed by atoms with Gasteiger partial charge in [0.2, 0.25) is 0 Å². The van der Waals surface area contributed by atoms with Crippen molar-refractivity contribution in [3.63, 3.8) is 0 Å². The molecule has 0 amide bonds. The van der Waals surface area contributed by atoms with Crippen LogP contribution in [-0.2, 0) is 6.42 Å². The van der Waals surface area contributed by atoms with Gasteiger partial charge in [0.15, 0.2) is 0 Å². The molecule has 3 rings (SSSR count). The number of hydrogen-bond acceptors (Lipinski definition) is 0. The van der Waals surface area contributed by atoms with Gasteiger partial charge in [0.1, 0.15) is 0 Å². The fourth-order valence-corrected chi connectivity index (χ4v) is 3.20. The summed E-state index contributed by atoms with van der Waals surface area (Å²) in [5.74, 6) is 0.454. The molecule has 0 radical (unpaired) electrons. The molecule has 0 saturated heterocycles. The largest absolute Gasteiger partial charge is 0.102 e. The number of allylic oxidation sites excluding steroid dienone is 1. The molecule has 0 heterocycles. The molecule has 1 atom stereocenters. The first-order valence-electron chi connectivity index (χ1n) is 8.52. The monoisotopic (exact) mass is 300 g/mol. The molecule has 0 N–H and O–H groups in total. The molecule has 0 spiro atoms. The predicted octanol–water partition coefficient (Wildman–Crippen LogP) is 6.52. The van der Waals surface area contributed by atoms with E-state index >= 15 is 0 Å². The van der Waals surface area contributed by atoms with Crippen molar-refractivity contribution in [3.8, 4) is 0 Å². The Kier molecular flexibility index (Phi) is 5.26. The first-order chi connectivity index (χ1) is 11.4. The Morgan fingerprint density at radius 3 is 2.30 bits per heavy atom. The van der Waals surface area contributed by atoms with E-state index in [0.29, 0.717) is 5.92 Å². The Bertz CT molecular complexity index is 755. The maximum atomic E-state index is 4.05. The molecule has 0 bridgehead atoms. The lowest BCUT2D eigenvalue weighted by atomic mass is 9.91. The fraction of sp³-hybridized carbons (Fsp3) is 0.217. The summed E-state index contributed by atoms with van der Waals surface area (Å²) in [5, 5.41) is 2.63. The van der Waals surface area contributed by atoms with Gasteiger partial charge in [-0.25, -0.2) is 0 Å². The summed E-state index contributed by atoms with van der Waals surface area (Å²) in [4.78, 5) is 0. The summed E-state index contributed by atoms with van der Waals surface area (Å²) in [5.41, 5.74) is 2.83. The maximum Gasteiger partial charge on any atom is 0.00155 e. The first kappa shape index (κ1) is 15.6. The van der Waals surface area contributed by atoms with Crippen LogP contribution < -0.4 is 0 Å². The highest BCUT2D eigenvalue weighted by molar-refractivity contribution is 5.83. The van der Waals surface area contributed by atoms with Gasteiger partial charge in [-0.05, 0) is 41.2 Å². The summed E-state index contributed by atoms with van der Waals surface area (Å²) in [6.45, 7) is 4.05. The van der Waals surface area contributed by atoms with E-state index in [1.807, 2.05) is 0 Å². The lowest BCUT2D eigenvalue weighted by Gasteiger charge is -2.14. The van der Waals surface area contributed by atoms with Gasteiger partial charge in [0, 0.05) is 5.92 Å². The molecule has 0 aliphatic carbocycles. The van der Waals surface area contributed by atoms with Crippen LogP contribution in [0.3, 0.4) is 0 Å². The molecule has 0 aliphatic heterocycles. The number of rotatable bonds is 7. The highest BCUT2D eigenvalue weighted by atomic mass is 14.1. The Morgan fingerprint density at radius 2 is 1.52 bits per heavy atom. The zero-order valence-electron chi connectivity index (χ0n) is 13.6. The van der Waals surface area contributed by atoms with Crippen LogP contribution in [0.25, 0.3) is 10.8 Å². The average molecular weight is 300 g/mol. The van der Waals surface area contributed by atoms with E-state index in [4.69, 9.17) is 0 Å². The van der Waals surface area contributed by atoms with Crippen LogP contribution in [0.1, 0.15) is 36.3 Å². The van der Waals surface area contributed by atoms with Crippen LogP contribution in [0, 0.1) is 0 Å². The third-order valence-electron chi connectivity index (χ3n) is 4.56. The van der Waals surface area contributed by atoms with Crippen molar-refractivity contribution in [2.45, 2.75) is 31.6 Å². The number of benzene rings is 3. The van der Waals surface area contributed by atoms with E-state index in [9.17, 15) is 0 Å². The van der Waals surface area contributed by atoms with Crippen molar-refractivity contribution in [2.24, 2.45) is 0 Å². The molecule has 0 fully saturated rings. The molecule has 3 aromatic carbocycles. The van der Waals surface area contributed by atoms with E-state index in [-0.39, 0.29) is 0 Å². The van der Waals surface area contributed by atoms with Crippen LogP contribution in [-0.4, -0.2) is 0 Å². The van der Waals surface area contributed by atoms with Crippen LogP contribution in [0.5, 0.6) is 0 Å². The minimum Gasteiger partial charge on any atom is -0.102 e. The van der Waals surface area contributed by atoms with E-state index in [1.165, 1.54) is 47.6 Å². The van der Waals surface area contributed by atoms with Crippen molar-refractivity contribution in [1.29, 1.82) is 0 Å². The van der Waals surface area contributed by atoms with E-state index in [0.717, 1.165) is 0 Å². The molecule has 0 heteroatoms. The second-order valence-corrected chi connectivity index (χ2v) is 6.18. The molecule has 0 aromatic heterocycles. The molecule has 0 saturated carbocycles. The van der Waals surface area contributed by atoms with Crippen molar-refractivity contribution >= 4 is 10.8 Å². The molecule has 0 aliphatic rings. The lowest BCUT2D eigenvalue weighted by Crippen LogP contribution is -1.96. The quantitative estimate of drug-likeness (QED) is 0.344. The molecule has 0 nitrogen and oxygen atoms in total. The van der Waals surface area contributed by atoms with Gasteiger partial charge in [-0.1, -0.05) is 85.3 Å². The van der Waals surface area contributed by atoms with Crippen LogP contribution in [0.4, 0.5) is 0 Å². The van der Waals surface area contributed by atoms with E-state index in [1.54, 1.807) is 0 Å². The van der Waals surface area contributed by atoms with Crippen LogP contribution in [0.15, 0.2) is 85.5 Å². The second kappa shape index (κ2) is 7.78. The van der Waals surface area contributed by atoms with Crippen molar-refractivity contribution in [2.75, 3.05) is 0 Å². The SMILES string of the molecule is C=C[C@H](CCCCc1ccccc1)c1ccc2ccccc2c1. The molecule has 0 unspecified atom stereocenters. The first-order valence-corrected chi connectivity index (χ1v) is 8.52. The van der Waals surface area contributed by atoms with Crippen LogP contribution in [0.2, 0.25) is 0 Å². The molecule has 116 valence electrons. The Labute approximate surface area is 139 Å². The predicted molar refractivity (Wildman–Crippen MR) is 101 cm³/mol. The molecular formula is C23H24. The van der Waals surface area contributed by atoms with Gasteiger partial charge >= 0.3 is 0 Å². The van der Waals surface area contributed by atoms with Crippen molar-refractivity contribution in [3.05, 3.63) is 96.6 Å². The topological polar surface area (TPSA) is 0 Å². The molecule has 23 heavy (non-hydrogen) atoms. The molecular weight excluding hydrogens is 276 g/mol. The summed E-state index contributed by atoms with van der Waals surface area (Å²) < 4.78 is 0. The van der Waals surface area contributed by atoms with Gasteiger partial charge in [-0.15, -0.1) is 6.58 Å². The molecule has 3 aromatic rings. The van der Waals surface area contributed by atoms with E-state index < -0.39 is 0 Å². The Balaban J connectivity index is 1.59. The second-order valence-electron chi connectivity index (χ2n) is 6.18. The third-order valence-corrected chi connectivity index (χ3v) is 4.56. The number of unbranched alkanes of at least 4 members (excludes halogenated alkanes) is 1. The average Bonchev–Trinajstić information content (AvgIpc) is 2.62. The Hall–Kier alpha value is -2.34. The minimum atomic E-state index is 0.454. The van der Waals surface area contributed by atoms with Gasteiger partial charge in [0.05, 0.1) is 0 Å². The zero-order chi connectivity index (χ0) is 15.9. The third kappa shape index (κ3) is 4.10. The summed E-state index contributed by atoms with van der Waals surface area (Å²) in [6, 6.07) is 26.1. The standard InChI is InChI=1S/C23H24/c1-2-20(13-7-6-12-19-10-4-3-5-11-19)23-17-16-21-14-8-9-15-22(21)18-23/h2-5,8-11,14-18,20H,1,6-7,12-13H2/t20-/m1/s1. The maximum absolute atomic E-state index is 4.05. The van der Waals surface area contributed by atoms with Crippen molar-refractivity contribution in [1.82, 2.24) is 0 Å². The van der Waals surface area contributed by atoms with Crippen LogP contribution >= 0.6 is 0 Å². The fourth-order valence-electron chi connectivity index (χ4n) is 3.20.